The predicted molar refractivity (Wildman–Crippen MR) is 129 cm³/mol. The van der Waals surface area contributed by atoms with Crippen molar-refractivity contribution in [1.82, 2.24) is 14.8 Å². The van der Waals surface area contributed by atoms with Crippen molar-refractivity contribution in [3.8, 4) is 10.9 Å². The third-order valence-electron chi connectivity index (χ3n) is 5.86. The number of thiazole rings is 1. The summed E-state index contributed by atoms with van der Waals surface area (Å²) in [7, 11) is 0. The Morgan fingerprint density at radius 2 is 1.94 bits per heavy atom. The molecule has 2 aromatic heterocycles. The number of para-hydroxylation sites is 1. The van der Waals surface area contributed by atoms with Crippen LogP contribution in [0.3, 0.4) is 0 Å². The van der Waals surface area contributed by atoms with Crippen molar-refractivity contribution < 1.29 is 13.9 Å². The van der Waals surface area contributed by atoms with Crippen LogP contribution in [0.5, 0.6) is 5.75 Å². The highest BCUT2D eigenvalue weighted by molar-refractivity contribution is 7.20. The fraction of sp³-hybridized carbons (Fsp3) is 0.115. The summed E-state index contributed by atoms with van der Waals surface area (Å²) < 4.78 is 21.8. The maximum Gasteiger partial charge on any atom is 0.226 e. The summed E-state index contributed by atoms with van der Waals surface area (Å²) in [5.74, 6) is 0.841. The van der Waals surface area contributed by atoms with Gasteiger partial charge < -0.3 is 10.1 Å². The first kappa shape index (κ1) is 20.6. The lowest BCUT2D eigenvalue weighted by Crippen LogP contribution is -2.24. The number of hydrogen-bond acceptors (Lipinski definition) is 5. The molecule has 0 spiro atoms. The van der Waals surface area contributed by atoms with E-state index in [1.165, 1.54) is 23.5 Å². The van der Waals surface area contributed by atoms with Crippen molar-refractivity contribution in [2.75, 3.05) is 5.32 Å². The molecular formula is C26H19FN4O2S. The number of halogens is 1. The van der Waals surface area contributed by atoms with Crippen LogP contribution in [-0.2, 0) is 11.4 Å². The molecule has 0 aliphatic carbocycles. The number of rotatable bonds is 5. The summed E-state index contributed by atoms with van der Waals surface area (Å²) in [5.41, 5.74) is 3.69. The largest absolute Gasteiger partial charge is 0.489 e. The first-order valence-electron chi connectivity index (χ1n) is 10.8. The third kappa shape index (κ3) is 3.82. The van der Waals surface area contributed by atoms with Crippen molar-refractivity contribution >= 4 is 33.3 Å². The van der Waals surface area contributed by atoms with Crippen molar-refractivity contribution in [1.29, 1.82) is 0 Å². The Hall–Kier alpha value is -4.04. The lowest BCUT2D eigenvalue weighted by Gasteiger charge is -2.23. The lowest BCUT2D eigenvalue weighted by molar-refractivity contribution is -0.116. The zero-order valence-electron chi connectivity index (χ0n) is 17.9. The van der Waals surface area contributed by atoms with E-state index in [9.17, 15) is 9.18 Å². The van der Waals surface area contributed by atoms with E-state index in [0.29, 0.717) is 29.7 Å². The normalized spacial score (nSPS) is 15.2. The highest BCUT2D eigenvalue weighted by Crippen LogP contribution is 2.39. The molecule has 1 aliphatic rings. The Morgan fingerprint density at radius 3 is 2.79 bits per heavy atom. The Bertz CT molecular complexity index is 1480. The number of aromatic nitrogens is 3. The van der Waals surface area contributed by atoms with Crippen molar-refractivity contribution in [2.24, 2.45) is 0 Å². The molecule has 1 aliphatic heterocycles. The van der Waals surface area contributed by atoms with Gasteiger partial charge in [-0.25, -0.2) is 9.37 Å². The van der Waals surface area contributed by atoms with Crippen molar-refractivity contribution in [2.45, 2.75) is 18.9 Å². The fourth-order valence-corrected chi connectivity index (χ4v) is 5.11. The molecule has 0 saturated carbocycles. The predicted octanol–water partition coefficient (Wildman–Crippen LogP) is 5.67. The minimum absolute atomic E-state index is 0.0713. The van der Waals surface area contributed by atoms with Crippen molar-refractivity contribution in [3.63, 3.8) is 0 Å². The monoisotopic (exact) mass is 470 g/mol. The van der Waals surface area contributed by atoms with Crippen LogP contribution in [-0.4, -0.2) is 20.7 Å². The Morgan fingerprint density at radius 1 is 1.09 bits per heavy atom. The number of hydrogen-bond donors (Lipinski definition) is 1. The van der Waals surface area contributed by atoms with Gasteiger partial charge in [0.15, 0.2) is 0 Å². The summed E-state index contributed by atoms with van der Waals surface area (Å²) >= 11 is 1.53. The van der Waals surface area contributed by atoms with Crippen LogP contribution in [0, 0.1) is 5.82 Å². The van der Waals surface area contributed by atoms with Gasteiger partial charge in [-0.1, -0.05) is 47.7 Å². The van der Waals surface area contributed by atoms with E-state index >= 15 is 0 Å². The van der Waals surface area contributed by atoms with Crippen LogP contribution < -0.4 is 10.1 Å². The molecule has 3 heterocycles. The zero-order valence-corrected chi connectivity index (χ0v) is 18.8. The molecule has 3 aromatic carbocycles. The van der Waals surface area contributed by atoms with E-state index in [1.54, 1.807) is 23.0 Å². The SMILES string of the molecule is O=C1C[C@H](c2cccc(OCc3ccc(F)cc3)c2)c2cnn(-c3nc4ccccc4s3)c2N1. The maximum atomic E-state index is 13.1. The van der Waals surface area contributed by atoms with Gasteiger partial charge in [0.05, 0.1) is 16.4 Å². The second-order valence-electron chi connectivity index (χ2n) is 8.12. The van der Waals surface area contributed by atoms with Gasteiger partial charge in [-0.2, -0.15) is 9.78 Å². The summed E-state index contributed by atoms with van der Waals surface area (Å²) in [4.78, 5) is 17.3. The van der Waals surface area contributed by atoms with Crippen LogP contribution in [0.1, 0.15) is 29.0 Å². The van der Waals surface area contributed by atoms with Crippen LogP contribution in [0.25, 0.3) is 15.3 Å². The van der Waals surface area contributed by atoms with Crippen molar-refractivity contribution in [3.05, 3.63) is 102 Å². The van der Waals surface area contributed by atoms with Gasteiger partial charge in [-0.05, 0) is 47.5 Å². The molecule has 0 saturated heterocycles. The average Bonchev–Trinajstić information content (AvgIpc) is 3.47. The molecule has 0 unspecified atom stereocenters. The fourth-order valence-electron chi connectivity index (χ4n) is 4.18. The zero-order chi connectivity index (χ0) is 23.1. The first-order chi connectivity index (χ1) is 16.6. The molecule has 1 amide bonds. The second-order valence-corrected chi connectivity index (χ2v) is 9.13. The van der Waals surface area contributed by atoms with E-state index in [2.05, 4.69) is 15.4 Å². The number of carbonyl (C=O) groups is 1. The quantitative estimate of drug-likeness (QED) is 0.359. The molecule has 5 aromatic rings. The molecule has 1 atom stereocenters. The van der Waals surface area contributed by atoms with Crippen LogP contribution in [0.2, 0.25) is 0 Å². The number of nitrogens with one attached hydrogen (secondary N) is 1. The molecule has 34 heavy (non-hydrogen) atoms. The number of amides is 1. The lowest BCUT2D eigenvalue weighted by atomic mass is 9.87. The number of benzene rings is 3. The maximum absolute atomic E-state index is 13.1. The minimum Gasteiger partial charge on any atom is -0.489 e. The van der Waals surface area contributed by atoms with Gasteiger partial charge >= 0.3 is 0 Å². The Balaban J connectivity index is 1.30. The molecule has 0 radical (unpaired) electrons. The number of carbonyl (C=O) groups excluding carboxylic acids is 1. The average molecular weight is 471 g/mol. The molecular weight excluding hydrogens is 451 g/mol. The molecule has 168 valence electrons. The number of anilines is 1. The van der Waals surface area contributed by atoms with Gasteiger partial charge in [-0.3, -0.25) is 4.79 Å². The van der Waals surface area contributed by atoms with E-state index in [1.807, 2.05) is 48.5 Å². The Kier molecular flexibility index (Phi) is 5.07. The minimum atomic E-state index is -0.275. The number of fused-ring (bicyclic) bond motifs is 2. The van der Waals surface area contributed by atoms with E-state index in [4.69, 9.17) is 4.74 Å². The standard InChI is InChI=1S/C26H19FN4O2S/c27-18-10-8-16(9-11-18)15-33-19-5-3-4-17(12-19)20-13-24(32)30-25-21(20)14-28-31(25)26-29-22-6-1-2-7-23(22)34-26/h1-12,14,20H,13,15H2,(H,30,32)/t20-/m1/s1. The molecule has 6 rings (SSSR count). The highest BCUT2D eigenvalue weighted by atomic mass is 32.1. The van der Waals surface area contributed by atoms with E-state index in [-0.39, 0.29) is 17.6 Å². The van der Waals surface area contributed by atoms with Gasteiger partial charge in [0, 0.05) is 17.9 Å². The summed E-state index contributed by atoms with van der Waals surface area (Å²) in [5, 5.41) is 8.26. The molecule has 1 N–H and O–H groups in total. The smallest absolute Gasteiger partial charge is 0.226 e. The topological polar surface area (TPSA) is 69.0 Å². The second kappa shape index (κ2) is 8.39. The first-order valence-corrected chi connectivity index (χ1v) is 11.7. The molecule has 0 fully saturated rings. The van der Waals surface area contributed by atoms with E-state index < -0.39 is 0 Å². The summed E-state index contributed by atoms with van der Waals surface area (Å²) in [6, 6.07) is 21.9. The van der Waals surface area contributed by atoms with Crippen LogP contribution in [0.15, 0.2) is 79.0 Å². The van der Waals surface area contributed by atoms with Gasteiger partial charge in [-0.15, -0.1) is 0 Å². The highest BCUT2D eigenvalue weighted by Gasteiger charge is 2.31. The van der Waals surface area contributed by atoms with Gasteiger partial charge in [0.25, 0.3) is 0 Å². The summed E-state index contributed by atoms with van der Waals surface area (Å²) in [6.45, 7) is 0.329. The molecule has 8 heteroatoms. The number of nitrogens with zero attached hydrogens (tertiary/aromatic N) is 3. The van der Waals surface area contributed by atoms with Gasteiger partial charge in [0.1, 0.15) is 24.0 Å². The van der Waals surface area contributed by atoms with E-state index in [0.717, 1.165) is 26.9 Å². The molecule has 6 nitrogen and oxygen atoms in total. The molecule has 0 bridgehead atoms. The van der Waals surface area contributed by atoms with Crippen LogP contribution in [0.4, 0.5) is 10.2 Å². The van der Waals surface area contributed by atoms with Crippen LogP contribution >= 0.6 is 11.3 Å². The van der Waals surface area contributed by atoms with Gasteiger partial charge in [0.2, 0.25) is 11.0 Å². The number of ether oxygens (including phenoxy) is 1. The third-order valence-corrected chi connectivity index (χ3v) is 6.88. The summed E-state index contributed by atoms with van der Waals surface area (Å²) in [6.07, 6.45) is 2.12. The Labute approximate surface area is 198 Å².